The van der Waals surface area contributed by atoms with Crippen LogP contribution in [0.1, 0.15) is 25.3 Å². The normalized spacial score (nSPS) is 15.3. The molecular formula is C13H22N2O2S. The average molecular weight is 270 g/mol. The van der Waals surface area contributed by atoms with Gasteiger partial charge in [-0.25, -0.2) is 8.42 Å². The number of nitrogens with two attached hydrogens (primary N) is 1. The molecule has 0 spiro atoms. The molecule has 2 atom stereocenters. The van der Waals surface area contributed by atoms with Crippen LogP contribution in [-0.4, -0.2) is 26.0 Å². The molecule has 0 aliphatic rings. The van der Waals surface area contributed by atoms with E-state index in [-0.39, 0.29) is 6.04 Å². The standard InChI is InChI=1S/C13H22N2O2S/c1-11(18(2,16)17)13(15-14)10-6-9-12-7-4-3-5-8-12/h3-5,7-8,11,13,15H,6,9-10,14H2,1-2H3. The summed E-state index contributed by atoms with van der Waals surface area (Å²) in [6.45, 7) is 1.70. The van der Waals surface area contributed by atoms with Gasteiger partial charge in [-0.15, -0.1) is 0 Å². The van der Waals surface area contributed by atoms with Crippen LogP contribution in [0.4, 0.5) is 0 Å². The molecule has 1 aromatic carbocycles. The van der Waals surface area contributed by atoms with Gasteiger partial charge < -0.3 is 0 Å². The maximum atomic E-state index is 11.5. The van der Waals surface area contributed by atoms with Crippen LogP contribution in [0, 0.1) is 0 Å². The van der Waals surface area contributed by atoms with E-state index in [4.69, 9.17) is 5.84 Å². The lowest BCUT2D eigenvalue weighted by atomic mass is 10.0. The summed E-state index contributed by atoms with van der Waals surface area (Å²) in [6.07, 6.45) is 3.85. The minimum Gasteiger partial charge on any atom is -0.271 e. The van der Waals surface area contributed by atoms with Gasteiger partial charge in [0.15, 0.2) is 9.84 Å². The summed E-state index contributed by atoms with van der Waals surface area (Å²) < 4.78 is 22.9. The van der Waals surface area contributed by atoms with E-state index < -0.39 is 15.1 Å². The number of hydrogen-bond donors (Lipinski definition) is 2. The predicted octanol–water partition coefficient (Wildman–Crippen LogP) is 1.27. The third-order valence-electron chi connectivity index (χ3n) is 3.28. The van der Waals surface area contributed by atoms with Crippen LogP contribution in [0.25, 0.3) is 0 Å². The molecule has 0 aliphatic heterocycles. The first-order valence-corrected chi connectivity index (χ1v) is 8.09. The van der Waals surface area contributed by atoms with Crippen LogP contribution in [0.2, 0.25) is 0 Å². The molecule has 0 aromatic heterocycles. The van der Waals surface area contributed by atoms with Crippen LogP contribution in [0.3, 0.4) is 0 Å². The van der Waals surface area contributed by atoms with Gasteiger partial charge in [0, 0.05) is 12.3 Å². The molecule has 0 amide bonds. The van der Waals surface area contributed by atoms with Crippen molar-refractivity contribution in [2.45, 2.75) is 37.5 Å². The van der Waals surface area contributed by atoms with Gasteiger partial charge in [-0.1, -0.05) is 30.3 Å². The van der Waals surface area contributed by atoms with Gasteiger partial charge in [0.05, 0.1) is 5.25 Å². The lowest BCUT2D eigenvalue weighted by Gasteiger charge is -2.21. The minimum atomic E-state index is -3.05. The Kier molecular flexibility index (Phi) is 5.78. The minimum absolute atomic E-state index is 0.191. The molecule has 0 saturated heterocycles. The van der Waals surface area contributed by atoms with Gasteiger partial charge in [-0.3, -0.25) is 11.3 Å². The van der Waals surface area contributed by atoms with Crippen LogP contribution in [-0.2, 0) is 16.3 Å². The van der Waals surface area contributed by atoms with Gasteiger partial charge in [0.1, 0.15) is 0 Å². The van der Waals surface area contributed by atoms with E-state index >= 15 is 0 Å². The van der Waals surface area contributed by atoms with Crippen molar-refractivity contribution in [2.75, 3.05) is 6.26 Å². The lowest BCUT2D eigenvalue weighted by molar-refractivity contribution is 0.458. The summed E-state index contributed by atoms with van der Waals surface area (Å²) in [4.78, 5) is 0. The number of hydrazine groups is 1. The molecule has 1 aromatic rings. The predicted molar refractivity (Wildman–Crippen MR) is 74.8 cm³/mol. The third-order valence-corrected chi connectivity index (χ3v) is 4.96. The maximum absolute atomic E-state index is 11.5. The molecule has 4 nitrogen and oxygen atoms in total. The first-order chi connectivity index (χ1) is 8.45. The van der Waals surface area contributed by atoms with Gasteiger partial charge in [0.2, 0.25) is 0 Å². The van der Waals surface area contributed by atoms with E-state index in [1.54, 1.807) is 6.92 Å². The Morgan fingerprint density at radius 1 is 1.28 bits per heavy atom. The maximum Gasteiger partial charge on any atom is 0.151 e. The van der Waals surface area contributed by atoms with Crippen LogP contribution >= 0.6 is 0 Å². The lowest BCUT2D eigenvalue weighted by Crippen LogP contribution is -2.45. The molecule has 0 fully saturated rings. The van der Waals surface area contributed by atoms with Crippen molar-refractivity contribution in [3.63, 3.8) is 0 Å². The number of hydrogen-bond acceptors (Lipinski definition) is 4. The molecule has 0 saturated carbocycles. The summed E-state index contributed by atoms with van der Waals surface area (Å²) >= 11 is 0. The van der Waals surface area contributed by atoms with Gasteiger partial charge >= 0.3 is 0 Å². The molecule has 5 heteroatoms. The monoisotopic (exact) mass is 270 g/mol. The number of benzene rings is 1. The zero-order chi connectivity index (χ0) is 13.6. The summed E-state index contributed by atoms with van der Waals surface area (Å²) in [7, 11) is -3.05. The second kappa shape index (κ2) is 6.87. The largest absolute Gasteiger partial charge is 0.271 e. The van der Waals surface area contributed by atoms with Crippen LogP contribution in [0.15, 0.2) is 30.3 Å². The second-order valence-electron chi connectivity index (χ2n) is 4.69. The molecule has 102 valence electrons. The van der Waals surface area contributed by atoms with E-state index in [0.717, 1.165) is 19.3 Å². The molecule has 0 bridgehead atoms. The summed E-state index contributed by atoms with van der Waals surface area (Å²) in [5, 5.41) is -0.460. The molecular weight excluding hydrogens is 248 g/mol. The molecule has 3 N–H and O–H groups in total. The van der Waals surface area contributed by atoms with Crippen molar-refractivity contribution in [1.82, 2.24) is 5.43 Å². The fourth-order valence-electron chi connectivity index (χ4n) is 1.92. The number of sulfone groups is 1. The smallest absolute Gasteiger partial charge is 0.151 e. The first kappa shape index (κ1) is 15.1. The van der Waals surface area contributed by atoms with Crippen LogP contribution in [0.5, 0.6) is 0 Å². The molecule has 0 aliphatic carbocycles. The topological polar surface area (TPSA) is 72.2 Å². The van der Waals surface area contributed by atoms with Gasteiger partial charge in [-0.05, 0) is 31.7 Å². The Morgan fingerprint density at radius 3 is 2.39 bits per heavy atom. The number of nitrogens with one attached hydrogen (secondary N) is 1. The first-order valence-electron chi connectivity index (χ1n) is 6.14. The van der Waals surface area contributed by atoms with E-state index in [1.165, 1.54) is 11.8 Å². The molecule has 2 unspecified atom stereocenters. The van der Waals surface area contributed by atoms with E-state index in [1.807, 2.05) is 18.2 Å². The highest BCUT2D eigenvalue weighted by atomic mass is 32.2. The van der Waals surface area contributed by atoms with E-state index in [2.05, 4.69) is 17.6 Å². The Hall–Kier alpha value is -0.910. The Labute approximate surface area is 109 Å². The van der Waals surface area contributed by atoms with E-state index in [0.29, 0.717) is 0 Å². The van der Waals surface area contributed by atoms with E-state index in [9.17, 15) is 8.42 Å². The summed E-state index contributed by atoms with van der Waals surface area (Å²) in [5.41, 5.74) is 3.88. The fourth-order valence-corrected chi connectivity index (χ4v) is 2.73. The Morgan fingerprint density at radius 2 is 1.89 bits per heavy atom. The van der Waals surface area contributed by atoms with Gasteiger partial charge in [-0.2, -0.15) is 0 Å². The van der Waals surface area contributed by atoms with Crippen molar-refractivity contribution in [3.8, 4) is 0 Å². The van der Waals surface area contributed by atoms with Crippen molar-refractivity contribution in [1.29, 1.82) is 0 Å². The average Bonchev–Trinajstić information content (AvgIpc) is 2.34. The highest BCUT2D eigenvalue weighted by molar-refractivity contribution is 7.91. The third kappa shape index (κ3) is 4.76. The highest BCUT2D eigenvalue weighted by Gasteiger charge is 2.24. The Balaban J connectivity index is 2.46. The quantitative estimate of drug-likeness (QED) is 0.578. The zero-order valence-corrected chi connectivity index (χ0v) is 11.8. The van der Waals surface area contributed by atoms with Crippen molar-refractivity contribution in [2.24, 2.45) is 5.84 Å². The van der Waals surface area contributed by atoms with Crippen molar-refractivity contribution < 1.29 is 8.42 Å². The van der Waals surface area contributed by atoms with Crippen LogP contribution < -0.4 is 11.3 Å². The number of rotatable bonds is 7. The molecule has 0 heterocycles. The zero-order valence-electron chi connectivity index (χ0n) is 11.0. The van der Waals surface area contributed by atoms with Crippen molar-refractivity contribution in [3.05, 3.63) is 35.9 Å². The summed E-state index contributed by atoms with van der Waals surface area (Å²) in [5.74, 6) is 5.44. The number of aryl methyl sites for hydroxylation is 1. The molecule has 0 radical (unpaired) electrons. The second-order valence-corrected chi connectivity index (χ2v) is 7.09. The Bertz CT molecular complexity index is 445. The summed E-state index contributed by atoms with van der Waals surface area (Å²) in [6, 6.07) is 9.96. The SMILES string of the molecule is CC(C(CCCc1ccccc1)NN)S(C)(=O)=O. The molecule has 1 rings (SSSR count). The van der Waals surface area contributed by atoms with Gasteiger partial charge in [0.25, 0.3) is 0 Å². The van der Waals surface area contributed by atoms with Crippen molar-refractivity contribution >= 4 is 9.84 Å². The molecule has 18 heavy (non-hydrogen) atoms. The highest BCUT2D eigenvalue weighted by Crippen LogP contribution is 2.12. The fraction of sp³-hybridized carbons (Fsp3) is 0.538.